The van der Waals surface area contributed by atoms with Gasteiger partial charge >= 0.3 is 0 Å². The van der Waals surface area contributed by atoms with Crippen molar-refractivity contribution in [1.82, 2.24) is 5.32 Å². The fourth-order valence-corrected chi connectivity index (χ4v) is 2.54. The molecule has 1 aromatic rings. The second-order valence-electron chi connectivity index (χ2n) is 6.11. The van der Waals surface area contributed by atoms with E-state index in [0.717, 1.165) is 49.4 Å². The average Bonchev–Trinajstić information content (AvgIpc) is 2.48. The molecule has 0 saturated carbocycles. The van der Waals surface area contributed by atoms with Gasteiger partial charge in [-0.05, 0) is 57.0 Å². The van der Waals surface area contributed by atoms with E-state index in [0.29, 0.717) is 6.61 Å². The first-order chi connectivity index (χ1) is 10.0. The van der Waals surface area contributed by atoms with Crippen LogP contribution in [0.2, 0.25) is 0 Å². The van der Waals surface area contributed by atoms with Gasteiger partial charge < -0.3 is 15.4 Å². The zero-order chi connectivity index (χ0) is 15.3. The number of rotatable bonds is 5. The predicted octanol–water partition coefficient (Wildman–Crippen LogP) is 3.11. The van der Waals surface area contributed by atoms with Crippen LogP contribution < -0.4 is 15.4 Å². The molecule has 0 spiro atoms. The Morgan fingerprint density at radius 1 is 1.38 bits per heavy atom. The van der Waals surface area contributed by atoms with Crippen molar-refractivity contribution < 1.29 is 9.53 Å². The van der Waals surface area contributed by atoms with Crippen molar-refractivity contribution in [2.45, 2.75) is 40.0 Å². The first-order valence-corrected chi connectivity index (χ1v) is 7.81. The molecule has 1 aromatic carbocycles. The molecule has 0 aromatic heterocycles. The molecule has 4 nitrogen and oxygen atoms in total. The van der Waals surface area contributed by atoms with Gasteiger partial charge in [0.05, 0.1) is 12.3 Å². The molecule has 4 heteroatoms. The summed E-state index contributed by atoms with van der Waals surface area (Å²) in [6.45, 7) is 8.61. The molecule has 1 heterocycles. The van der Waals surface area contributed by atoms with E-state index in [1.165, 1.54) is 0 Å². The quantitative estimate of drug-likeness (QED) is 0.876. The Morgan fingerprint density at radius 2 is 2.10 bits per heavy atom. The summed E-state index contributed by atoms with van der Waals surface area (Å²) in [4.78, 5) is 12.6. The third-order valence-electron chi connectivity index (χ3n) is 4.10. The van der Waals surface area contributed by atoms with Gasteiger partial charge in [0, 0.05) is 5.41 Å². The maximum atomic E-state index is 12.6. The number of hydrogen-bond acceptors (Lipinski definition) is 3. The summed E-state index contributed by atoms with van der Waals surface area (Å²) < 4.78 is 5.76. The monoisotopic (exact) mass is 290 g/mol. The summed E-state index contributed by atoms with van der Waals surface area (Å²) in [5.74, 6) is 0.858. The Balaban J connectivity index is 2.12. The highest BCUT2D eigenvalue weighted by Crippen LogP contribution is 2.32. The number of anilines is 1. The lowest BCUT2D eigenvalue weighted by Gasteiger charge is -2.32. The Bertz CT molecular complexity index is 494. The van der Waals surface area contributed by atoms with E-state index in [-0.39, 0.29) is 11.3 Å². The van der Waals surface area contributed by atoms with Crippen LogP contribution in [0.25, 0.3) is 0 Å². The average molecular weight is 290 g/mol. The minimum Gasteiger partial charge on any atom is -0.491 e. The second kappa shape index (κ2) is 6.94. The molecule has 116 valence electrons. The summed E-state index contributed by atoms with van der Waals surface area (Å²) in [7, 11) is 0. The summed E-state index contributed by atoms with van der Waals surface area (Å²) in [6, 6.07) is 5.91. The van der Waals surface area contributed by atoms with Crippen LogP contribution in [0.3, 0.4) is 0 Å². The van der Waals surface area contributed by atoms with Gasteiger partial charge in [0.15, 0.2) is 0 Å². The van der Waals surface area contributed by atoms with Gasteiger partial charge in [-0.15, -0.1) is 0 Å². The van der Waals surface area contributed by atoms with E-state index in [2.05, 4.69) is 17.6 Å². The summed E-state index contributed by atoms with van der Waals surface area (Å²) in [5, 5.41) is 6.37. The van der Waals surface area contributed by atoms with Crippen molar-refractivity contribution in [2.75, 3.05) is 25.0 Å². The maximum Gasteiger partial charge on any atom is 0.230 e. The molecule has 1 fully saturated rings. The Morgan fingerprint density at radius 3 is 2.76 bits per heavy atom. The molecule has 21 heavy (non-hydrogen) atoms. The summed E-state index contributed by atoms with van der Waals surface area (Å²) >= 11 is 0. The smallest absolute Gasteiger partial charge is 0.230 e. The van der Waals surface area contributed by atoms with Crippen molar-refractivity contribution in [3.63, 3.8) is 0 Å². The minimum atomic E-state index is -0.293. The lowest BCUT2D eigenvalue weighted by atomic mass is 9.80. The molecule has 1 aliphatic rings. The summed E-state index contributed by atoms with van der Waals surface area (Å²) in [5.41, 5.74) is 1.61. The highest BCUT2D eigenvalue weighted by molar-refractivity contribution is 5.96. The van der Waals surface area contributed by atoms with Gasteiger partial charge in [-0.3, -0.25) is 4.79 Å². The molecule has 2 N–H and O–H groups in total. The minimum absolute atomic E-state index is 0.0919. The topological polar surface area (TPSA) is 50.4 Å². The third kappa shape index (κ3) is 3.97. The molecule has 0 radical (unpaired) electrons. The van der Waals surface area contributed by atoms with E-state index in [1.807, 2.05) is 32.0 Å². The Hall–Kier alpha value is -1.55. The molecule has 1 aliphatic heterocycles. The Kier molecular flexibility index (Phi) is 5.23. The highest BCUT2D eigenvalue weighted by atomic mass is 16.5. The molecule has 2 rings (SSSR count). The fourth-order valence-electron chi connectivity index (χ4n) is 2.54. The first-order valence-electron chi connectivity index (χ1n) is 7.81. The van der Waals surface area contributed by atoms with Crippen LogP contribution in [-0.2, 0) is 4.79 Å². The van der Waals surface area contributed by atoms with Crippen LogP contribution >= 0.6 is 0 Å². The number of carbonyl (C=O) groups excluding carboxylic acids is 1. The molecule has 1 amide bonds. The van der Waals surface area contributed by atoms with E-state index >= 15 is 0 Å². The van der Waals surface area contributed by atoms with Gasteiger partial charge in [-0.2, -0.15) is 0 Å². The molecule has 0 bridgehead atoms. The van der Waals surface area contributed by atoms with Crippen molar-refractivity contribution in [2.24, 2.45) is 5.41 Å². The zero-order valence-corrected chi connectivity index (χ0v) is 13.3. The summed E-state index contributed by atoms with van der Waals surface area (Å²) in [6.07, 6.45) is 2.69. The maximum absolute atomic E-state index is 12.6. The highest BCUT2D eigenvalue weighted by Gasteiger charge is 2.34. The number of hydrogen-bond donors (Lipinski definition) is 2. The zero-order valence-electron chi connectivity index (χ0n) is 13.3. The number of aryl methyl sites for hydroxylation is 1. The largest absolute Gasteiger partial charge is 0.491 e. The molecule has 0 unspecified atom stereocenters. The van der Waals surface area contributed by atoms with Crippen molar-refractivity contribution >= 4 is 11.6 Å². The van der Waals surface area contributed by atoms with Crippen molar-refractivity contribution in [3.05, 3.63) is 23.8 Å². The Labute approximate surface area is 127 Å². The van der Waals surface area contributed by atoms with Crippen LogP contribution in [0.1, 0.15) is 38.7 Å². The first kappa shape index (κ1) is 15.8. The normalized spacial score (nSPS) is 17.3. The lowest BCUT2D eigenvalue weighted by Crippen LogP contribution is -2.42. The van der Waals surface area contributed by atoms with Crippen LogP contribution in [0.5, 0.6) is 5.75 Å². The van der Waals surface area contributed by atoms with Crippen LogP contribution in [0.4, 0.5) is 5.69 Å². The fraction of sp³-hybridized carbons (Fsp3) is 0.588. The van der Waals surface area contributed by atoms with Gasteiger partial charge in [0.1, 0.15) is 5.75 Å². The van der Waals surface area contributed by atoms with Crippen molar-refractivity contribution in [1.29, 1.82) is 0 Å². The number of amides is 1. The molecule has 1 saturated heterocycles. The van der Waals surface area contributed by atoms with Crippen molar-refractivity contribution in [3.8, 4) is 5.75 Å². The van der Waals surface area contributed by atoms with Crippen LogP contribution in [-0.4, -0.2) is 25.6 Å². The number of piperidine rings is 1. The van der Waals surface area contributed by atoms with E-state index in [1.54, 1.807) is 0 Å². The van der Waals surface area contributed by atoms with E-state index in [9.17, 15) is 4.79 Å². The van der Waals surface area contributed by atoms with E-state index in [4.69, 9.17) is 4.74 Å². The SMILES string of the molecule is CCCOc1cc(C)ccc1NC(=O)C1(C)CCNCC1. The van der Waals surface area contributed by atoms with Gasteiger partial charge in [0.2, 0.25) is 5.91 Å². The standard InChI is InChI=1S/C17H26N2O2/c1-4-11-21-15-12-13(2)5-6-14(15)19-16(20)17(3)7-9-18-10-8-17/h5-6,12,18H,4,7-11H2,1-3H3,(H,19,20). The van der Waals surface area contributed by atoms with Crippen LogP contribution in [0.15, 0.2) is 18.2 Å². The second-order valence-corrected chi connectivity index (χ2v) is 6.11. The number of benzene rings is 1. The van der Waals surface area contributed by atoms with Gasteiger partial charge in [-0.1, -0.05) is 19.9 Å². The number of ether oxygens (including phenoxy) is 1. The molecular weight excluding hydrogens is 264 g/mol. The molecular formula is C17H26N2O2. The van der Waals surface area contributed by atoms with Crippen LogP contribution in [0, 0.1) is 12.3 Å². The number of carbonyl (C=O) groups is 1. The lowest BCUT2D eigenvalue weighted by molar-refractivity contribution is -0.126. The van der Waals surface area contributed by atoms with E-state index < -0.39 is 0 Å². The predicted molar refractivity (Wildman–Crippen MR) is 85.8 cm³/mol. The molecule has 0 atom stereocenters. The third-order valence-corrected chi connectivity index (χ3v) is 4.10. The van der Waals surface area contributed by atoms with Gasteiger partial charge in [0.25, 0.3) is 0 Å². The molecule has 0 aliphatic carbocycles. The van der Waals surface area contributed by atoms with Gasteiger partial charge in [-0.25, -0.2) is 0 Å². The number of nitrogens with one attached hydrogen (secondary N) is 2.